The molecule has 1 atom stereocenters. The van der Waals surface area contributed by atoms with Gasteiger partial charge in [-0.15, -0.1) is 0 Å². The molecule has 2 rings (SSSR count). The number of rotatable bonds is 6. The first-order valence-electron chi connectivity index (χ1n) is 6.40. The van der Waals surface area contributed by atoms with Gasteiger partial charge in [-0.3, -0.25) is 0 Å². The van der Waals surface area contributed by atoms with Crippen molar-refractivity contribution in [3.63, 3.8) is 0 Å². The van der Waals surface area contributed by atoms with Crippen LogP contribution in [-0.4, -0.2) is 6.54 Å². The van der Waals surface area contributed by atoms with E-state index in [1.54, 1.807) is 12.5 Å². The van der Waals surface area contributed by atoms with E-state index in [2.05, 4.69) is 34.2 Å². The standard InChI is InChI=1S/C15H17BrClNO/c1-2-7-18-14(9-11-6-8-19-10-11)12-4-3-5-13(16)15(12)17/h3-6,8,10,14,18H,2,7,9H2,1H3. The maximum absolute atomic E-state index is 6.40. The van der Waals surface area contributed by atoms with Crippen molar-refractivity contribution in [2.45, 2.75) is 25.8 Å². The number of benzene rings is 1. The lowest BCUT2D eigenvalue weighted by atomic mass is 10.0. The van der Waals surface area contributed by atoms with Crippen LogP contribution in [0.4, 0.5) is 0 Å². The molecule has 1 aromatic carbocycles. The van der Waals surface area contributed by atoms with Crippen molar-refractivity contribution in [1.29, 1.82) is 0 Å². The minimum atomic E-state index is 0.197. The molecule has 0 spiro atoms. The predicted octanol–water partition coefficient (Wildman–Crippen LogP) is 4.98. The summed E-state index contributed by atoms with van der Waals surface area (Å²) in [7, 11) is 0. The number of hydrogen-bond donors (Lipinski definition) is 1. The van der Waals surface area contributed by atoms with Gasteiger partial charge in [0.15, 0.2) is 0 Å². The molecule has 2 nitrogen and oxygen atoms in total. The van der Waals surface area contributed by atoms with E-state index in [1.807, 2.05) is 18.2 Å². The number of halogens is 2. The van der Waals surface area contributed by atoms with Crippen molar-refractivity contribution in [3.8, 4) is 0 Å². The van der Waals surface area contributed by atoms with Crippen molar-refractivity contribution < 1.29 is 4.42 Å². The molecule has 2 aromatic rings. The summed E-state index contributed by atoms with van der Waals surface area (Å²) in [6, 6.07) is 8.23. The molecule has 0 radical (unpaired) electrons. The summed E-state index contributed by atoms with van der Waals surface area (Å²) in [6.07, 6.45) is 5.45. The van der Waals surface area contributed by atoms with E-state index in [-0.39, 0.29) is 6.04 Å². The van der Waals surface area contributed by atoms with Gasteiger partial charge in [-0.25, -0.2) is 0 Å². The highest BCUT2D eigenvalue weighted by atomic mass is 79.9. The zero-order valence-corrected chi connectivity index (χ0v) is 13.2. The quantitative estimate of drug-likeness (QED) is 0.801. The van der Waals surface area contributed by atoms with Crippen LogP contribution in [0.2, 0.25) is 5.02 Å². The van der Waals surface area contributed by atoms with Crippen LogP contribution in [0.25, 0.3) is 0 Å². The Morgan fingerprint density at radius 3 is 2.89 bits per heavy atom. The Kier molecular flexibility index (Phi) is 5.49. The zero-order valence-electron chi connectivity index (χ0n) is 10.8. The third kappa shape index (κ3) is 3.85. The summed E-state index contributed by atoms with van der Waals surface area (Å²) >= 11 is 9.88. The van der Waals surface area contributed by atoms with Gasteiger partial charge in [0.05, 0.1) is 17.5 Å². The number of hydrogen-bond acceptors (Lipinski definition) is 2. The van der Waals surface area contributed by atoms with Gasteiger partial charge < -0.3 is 9.73 Å². The molecule has 0 saturated carbocycles. The van der Waals surface area contributed by atoms with Gasteiger partial charge in [0.25, 0.3) is 0 Å². The van der Waals surface area contributed by atoms with Crippen LogP contribution in [0.3, 0.4) is 0 Å². The smallest absolute Gasteiger partial charge is 0.0935 e. The lowest BCUT2D eigenvalue weighted by molar-refractivity contribution is 0.520. The molecule has 19 heavy (non-hydrogen) atoms. The number of nitrogens with one attached hydrogen (secondary N) is 1. The van der Waals surface area contributed by atoms with Crippen LogP contribution in [0, 0.1) is 0 Å². The molecule has 1 heterocycles. The summed E-state index contributed by atoms with van der Waals surface area (Å²) in [4.78, 5) is 0. The van der Waals surface area contributed by atoms with Crippen molar-refractivity contribution >= 4 is 27.5 Å². The second kappa shape index (κ2) is 7.13. The SMILES string of the molecule is CCCNC(Cc1ccoc1)c1cccc(Br)c1Cl. The van der Waals surface area contributed by atoms with E-state index in [0.29, 0.717) is 0 Å². The summed E-state index contributed by atoms with van der Waals surface area (Å²) in [5.41, 5.74) is 2.29. The fourth-order valence-corrected chi connectivity index (χ4v) is 2.68. The minimum Gasteiger partial charge on any atom is -0.472 e. The van der Waals surface area contributed by atoms with E-state index in [1.165, 1.54) is 5.56 Å². The van der Waals surface area contributed by atoms with Crippen molar-refractivity contribution in [1.82, 2.24) is 5.32 Å². The second-order valence-corrected chi connectivity index (χ2v) is 5.72. The summed E-state index contributed by atoms with van der Waals surface area (Å²) in [5.74, 6) is 0. The minimum absolute atomic E-state index is 0.197. The van der Waals surface area contributed by atoms with Crippen LogP contribution in [-0.2, 0) is 6.42 Å². The van der Waals surface area contributed by atoms with E-state index >= 15 is 0 Å². The van der Waals surface area contributed by atoms with Gasteiger partial charge in [-0.05, 0) is 58.6 Å². The molecule has 4 heteroatoms. The Morgan fingerprint density at radius 1 is 1.37 bits per heavy atom. The Labute approximate surface area is 127 Å². The van der Waals surface area contributed by atoms with Gasteiger partial charge in [0, 0.05) is 10.5 Å². The first-order chi connectivity index (χ1) is 9.22. The molecule has 0 fully saturated rings. The summed E-state index contributed by atoms with van der Waals surface area (Å²) < 4.78 is 6.07. The van der Waals surface area contributed by atoms with Gasteiger partial charge in [-0.1, -0.05) is 30.7 Å². The largest absolute Gasteiger partial charge is 0.472 e. The zero-order chi connectivity index (χ0) is 13.7. The molecule has 102 valence electrons. The number of furan rings is 1. The molecular formula is C15H17BrClNO. The predicted molar refractivity (Wildman–Crippen MR) is 82.6 cm³/mol. The van der Waals surface area contributed by atoms with Crippen LogP contribution < -0.4 is 5.32 Å². The average Bonchev–Trinajstić information content (AvgIpc) is 2.91. The van der Waals surface area contributed by atoms with Crippen LogP contribution in [0.1, 0.15) is 30.5 Å². The van der Waals surface area contributed by atoms with E-state index in [4.69, 9.17) is 16.0 Å². The van der Waals surface area contributed by atoms with Crippen molar-refractivity contribution in [2.75, 3.05) is 6.54 Å². The fourth-order valence-electron chi connectivity index (χ4n) is 2.04. The average molecular weight is 343 g/mol. The highest BCUT2D eigenvalue weighted by Gasteiger charge is 2.16. The highest BCUT2D eigenvalue weighted by molar-refractivity contribution is 9.10. The van der Waals surface area contributed by atoms with E-state index in [9.17, 15) is 0 Å². The Hall–Kier alpha value is -0.770. The fraction of sp³-hybridized carbons (Fsp3) is 0.333. The lowest BCUT2D eigenvalue weighted by Gasteiger charge is -2.20. The van der Waals surface area contributed by atoms with Gasteiger partial charge in [0.1, 0.15) is 0 Å². The Balaban J connectivity index is 2.23. The molecule has 0 aliphatic carbocycles. The molecule has 1 unspecified atom stereocenters. The molecule has 0 aliphatic heterocycles. The summed E-state index contributed by atoms with van der Waals surface area (Å²) in [5, 5.41) is 4.32. The summed E-state index contributed by atoms with van der Waals surface area (Å²) in [6.45, 7) is 3.12. The molecule has 0 bridgehead atoms. The Bertz CT molecular complexity index is 513. The van der Waals surface area contributed by atoms with E-state index in [0.717, 1.165) is 34.4 Å². The van der Waals surface area contributed by atoms with Crippen molar-refractivity contribution in [3.05, 3.63) is 57.4 Å². The maximum Gasteiger partial charge on any atom is 0.0935 e. The first-order valence-corrected chi connectivity index (χ1v) is 7.57. The third-order valence-corrected chi connectivity index (χ3v) is 4.33. The Morgan fingerprint density at radius 2 is 2.21 bits per heavy atom. The van der Waals surface area contributed by atoms with Crippen LogP contribution in [0.5, 0.6) is 0 Å². The maximum atomic E-state index is 6.40. The third-order valence-electron chi connectivity index (χ3n) is 3.02. The van der Waals surface area contributed by atoms with Crippen LogP contribution in [0.15, 0.2) is 45.7 Å². The first kappa shape index (κ1) is 14.6. The second-order valence-electron chi connectivity index (χ2n) is 4.49. The van der Waals surface area contributed by atoms with Gasteiger partial charge >= 0.3 is 0 Å². The molecule has 0 amide bonds. The topological polar surface area (TPSA) is 25.2 Å². The monoisotopic (exact) mass is 341 g/mol. The van der Waals surface area contributed by atoms with Gasteiger partial charge in [0.2, 0.25) is 0 Å². The molecule has 0 aliphatic rings. The van der Waals surface area contributed by atoms with Crippen LogP contribution >= 0.6 is 27.5 Å². The van der Waals surface area contributed by atoms with Gasteiger partial charge in [-0.2, -0.15) is 0 Å². The molecule has 0 saturated heterocycles. The normalized spacial score (nSPS) is 12.6. The molecular weight excluding hydrogens is 326 g/mol. The lowest BCUT2D eigenvalue weighted by Crippen LogP contribution is -2.24. The van der Waals surface area contributed by atoms with Crippen molar-refractivity contribution in [2.24, 2.45) is 0 Å². The highest BCUT2D eigenvalue weighted by Crippen LogP contribution is 2.31. The molecule has 1 N–H and O–H groups in total. The molecule has 1 aromatic heterocycles. The van der Waals surface area contributed by atoms with E-state index < -0.39 is 0 Å².